The van der Waals surface area contributed by atoms with E-state index in [2.05, 4.69) is 20.7 Å². The summed E-state index contributed by atoms with van der Waals surface area (Å²) in [4.78, 5) is 21.7. The van der Waals surface area contributed by atoms with Gasteiger partial charge in [-0.1, -0.05) is 28.1 Å². The van der Waals surface area contributed by atoms with E-state index in [-0.39, 0.29) is 18.0 Å². The molecule has 0 fully saturated rings. The van der Waals surface area contributed by atoms with Gasteiger partial charge in [-0.05, 0) is 18.1 Å². The van der Waals surface area contributed by atoms with Crippen molar-refractivity contribution in [2.24, 2.45) is 0 Å². The van der Waals surface area contributed by atoms with Crippen molar-refractivity contribution in [2.45, 2.75) is 18.9 Å². The number of esters is 1. The molecule has 1 aromatic rings. The highest BCUT2D eigenvalue weighted by atomic mass is 79.9. The van der Waals surface area contributed by atoms with Crippen molar-refractivity contribution in [3.8, 4) is 0 Å². The molecule has 1 aromatic carbocycles. The number of carboxylic acid groups (broad SMARTS) is 1. The minimum atomic E-state index is -1.59. The molecule has 6 heteroatoms. The molecule has 0 aromatic heterocycles. The molecular weight excluding hydrogens is 304 g/mol. The fraction of sp³-hybridized carbons (Fsp3) is 0.333. The van der Waals surface area contributed by atoms with Gasteiger partial charge in [-0.2, -0.15) is 0 Å². The molecule has 0 aliphatic rings. The fourth-order valence-electron chi connectivity index (χ4n) is 1.44. The molecule has 0 aliphatic carbocycles. The molecule has 1 rings (SSSR count). The molecule has 0 saturated heterocycles. The summed E-state index contributed by atoms with van der Waals surface area (Å²) in [5.74, 6) is -1.65. The predicted octanol–water partition coefficient (Wildman–Crippen LogP) is 1.67. The van der Waals surface area contributed by atoms with Crippen LogP contribution in [0.4, 0.5) is 0 Å². The van der Waals surface area contributed by atoms with Crippen LogP contribution in [0.25, 0.3) is 0 Å². The number of aliphatic carboxylic acids is 1. The van der Waals surface area contributed by atoms with Crippen LogP contribution in [0.15, 0.2) is 22.7 Å². The van der Waals surface area contributed by atoms with Crippen molar-refractivity contribution in [3.63, 3.8) is 0 Å². The molecule has 18 heavy (non-hydrogen) atoms. The smallest absolute Gasteiger partial charge is 0.337 e. The SMILES string of the molecule is COC(=O)CCc1ccc(Br)c(C(O)C(=O)O)c1. The van der Waals surface area contributed by atoms with Crippen molar-refractivity contribution >= 4 is 27.9 Å². The van der Waals surface area contributed by atoms with E-state index < -0.39 is 12.1 Å². The zero-order valence-electron chi connectivity index (χ0n) is 9.72. The van der Waals surface area contributed by atoms with Crippen molar-refractivity contribution in [2.75, 3.05) is 7.11 Å². The molecule has 0 aliphatic heterocycles. The molecule has 98 valence electrons. The van der Waals surface area contributed by atoms with E-state index in [0.29, 0.717) is 10.9 Å². The quantitative estimate of drug-likeness (QED) is 0.807. The summed E-state index contributed by atoms with van der Waals surface area (Å²) in [6.45, 7) is 0. The second-order valence-corrected chi connectivity index (χ2v) is 4.53. The van der Waals surface area contributed by atoms with E-state index in [1.165, 1.54) is 7.11 Å². The maximum absolute atomic E-state index is 11.0. The van der Waals surface area contributed by atoms with Crippen LogP contribution in [0, 0.1) is 0 Å². The number of ether oxygens (including phenoxy) is 1. The monoisotopic (exact) mass is 316 g/mol. The highest BCUT2D eigenvalue weighted by molar-refractivity contribution is 9.10. The van der Waals surface area contributed by atoms with Gasteiger partial charge in [0.15, 0.2) is 6.10 Å². The lowest BCUT2D eigenvalue weighted by molar-refractivity contribution is -0.147. The lowest BCUT2D eigenvalue weighted by Gasteiger charge is -2.10. The molecule has 5 nitrogen and oxygen atoms in total. The molecule has 0 saturated carbocycles. The Labute approximate surface area is 113 Å². The molecule has 0 heterocycles. The van der Waals surface area contributed by atoms with Crippen molar-refractivity contribution in [3.05, 3.63) is 33.8 Å². The first kappa shape index (κ1) is 14.7. The van der Waals surface area contributed by atoms with Gasteiger partial charge < -0.3 is 14.9 Å². The van der Waals surface area contributed by atoms with Crippen molar-refractivity contribution in [1.29, 1.82) is 0 Å². The molecular formula is C12H13BrO5. The Kier molecular flexibility index (Phi) is 5.30. The lowest BCUT2D eigenvalue weighted by atomic mass is 10.0. The third-order valence-corrected chi connectivity index (χ3v) is 3.16. The topological polar surface area (TPSA) is 83.8 Å². The van der Waals surface area contributed by atoms with Gasteiger partial charge >= 0.3 is 11.9 Å². The third-order valence-electron chi connectivity index (χ3n) is 2.43. The summed E-state index contributed by atoms with van der Waals surface area (Å²) in [5.41, 5.74) is 1.03. The van der Waals surface area contributed by atoms with E-state index in [0.717, 1.165) is 5.56 Å². The zero-order chi connectivity index (χ0) is 13.7. The van der Waals surface area contributed by atoms with Gasteiger partial charge in [0.1, 0.15) is 0 Å². The first-order valence-corrected chi connectivity index (χ1v) is 6.01. The molecule has 0 radical (unpaired) electrons. The van der Waals surface area contributed by atoms with Crippen LogP contribution in [-0.2, 0) is 20.7 Å². The Bertz CT molecular complexity index is 458. The second kappa shape index (κ2) is 6.51. The first-order chi connectivity index (χ1) is 8.45. The van der Waals surface area contributed by atoms with Gasteiger partial charge in [0.2, 0.25) is 0 Å². The van der Waals surface area contributed by atoms with Crippen LogP contribution in [0.1, 0.15) is 23.7 Å². The summed E-state index contributed by atoms with van der Waals surface area (Å²) in [6.07, 6.45) is -0.947. The summed E-state index contributed by atoms with van der Waals surface area (Å²) in [5, 5.41) is 18.3. The number of rotatable bonds is 5. The Hall–Kier alpha value is -1.40. The van der Waals surface area contributed by atoms with Gasteiger partial charge in [-0.25, -0.2) is 4.79 Å². The number of hydrogen-bond donors (Lipinski definition) is 2. The Morgan fingerprint density at radius 2 is 2.11 bits per heavy atom. The summed E-state index contributed by atoms with van der Waals surface area (Å²) >= 11 is 3.18. The number of halogens is 1. The van der Waals surface area contributed by atoms with Gasteiger partial charge in [0, 0.05) is 16.5 Å². The fourth-order valence-corrected chi connectivity index (χ4v) is 1.90. The molecule has 1 unspecified atom stereocenters. The number of hydrogen-bond acceptors (Lipinski definition) is 4. The molecule has 0 spiro atoms. The minimum absolute atomic E-state index is 0.209. The molecule has 0 amide bonds. The van der Waals surface area contributed by atoms with E-state index in [9.17, 15) is 14.7 Å². The molecule has 1 atom stereocenters. The van der Waals surface area contributed by atoms with Crippen LogP contribution in [0.5, 0.6) is 0 Å². The van der Waals surface area contributed by atoms with Crippen molar-refractivity contribution < 1.29 is 24.5 Å². The minimum Gasteiger partial charge on any atom is -0.479 e. The van der Waals surface area contributed by atoms with E-state index in [4.69, 9.17) is 5.11 Å². The highest BCUT2D eigenvalue weighted by Gasteiger charge is 2.19. The molecule has 2 N–H and O–H groups in total. The molecule has 0 bridgehead atoms. The van der Waals surface area contributed by atoms with Crippen LogP contribution >= 0.6 is 15.9 Å². The number of methoxy groups -OCH3 is 1. The first-order valence-electron chi connectivity index (χ1n) is 5.21. The summed E-state index contributed by atoms with van der Waals surface area (Å²) in [6, 6.07) is 4.96. The van der Waals surface area contributed by atoms with Crippen LogP contribution in [0.2, 0.25) is 0 Å². The van der Waals surface area contributed by atoms with Gasteiger partial charge in [0.25, 0.3) is 0 Å². The normalized spacial score (nSPS) is 11.9. The van der Waals surface area contributed by atoms with Crippen LogP contribution in [-0.4, -0.2) is 29.3 Å². The number of aryl methyl sites for hydroxylation is 1. The zero-order valence-corrected chi connectivity index (χ0v) is 11.3. The van der Waals surface area contributed by atoms with Crippen molar-refractivity contribution in [1.82, 2.24) is 0 Å². The maximum Gasteiger partial charge on any atom is 0.337 e. The van der Waals surface area contributed by atoms with Gasteiger partial charge in [-0.15, -0.1) is 0 Å². The number of benzene rings is 1. The highest BCUT2D eigenvalue weighted by Crippen LogP contribution is 2.25. The van der Waals surface area contributed by atoms with E-state index in [1.54, 1.807) is 18.2 Å². The average Bonchev–Trinajstić information content (AvgIpc) is 2.36. The lowest BCUT2D eigenvalue weighted by Crippen LogP contribution is -2.11. The maximum atomic E-state index is 11.0. The number of aliphatic hydroxyl groups excluding tert-OH is 1. The largest absolute Gasteiger partial charge is 0.479 e. The number of carbonyl (C=O) groups excluding carboxylic acids is 1. The van der Waals surface area contributed by atoms with E-state index in [1.807, 2.05) is 0 Å². The standard InChI is InChI=1S/C12H13BrO5/c1-18-10(14)5-3-7-2-4-9(13)8(6-7)11(15)12(16)17/h2,4,6,11,15H,3,5H2,1H3,(H,16,17). The Morgan fingerprint density at radius 3 is 2.67 bits per heavy atom. The summed E-state index contributed by atoms with van der Waals surface area (Å²) < 4.78 is 5.03. The Balaban J connectivity index is 2.87. The van der Waals surface area contributed by atoms with Gasteiger partial charge in [-0.3, -0.25) is 4.79 Å². The van der Waals surface area contributed by atoms with Crippen LogP contribution in [0.3, 0.4) is 0 Å². The van der Waals surface area contributed by atoms with Gasteiger partial charge in [0.05, 0.1) is 7.11 Å². The predicted molar refractivity (Wildman–Crippen MR) is 67.1 cm³/mol. The number of carbonyl (C=O) groups is 2. The second-order valence-electron chi connectivity index (χ2n) is 3.67. The third kappa shape index (κ3) is 3.82. The average molecular weight is 317 g/mol. The Morgan fingerprint density at radius 1 is 1.44 bits per heavy atom. The van der Waals surface area contributed by atoms with Crippen LogP contribution < -0.4 is 0 Å². The number of aliphatic hydroxyl groups is 1. The van der Waals surface area contributed by atoms with E-state index >= 15 is 0 Å². The number of carboxylic acids is 1. The summed E-state index contributed by atoms with van der Waals surface area (Å²) in [7, 11) is 1.31.